The Bertz CT molecular complexity index is 609. The molecule has 0 atom stereocenters. The van der Waals surface area contributed by atoms with Crippen LogP contribution in [0.15, 0.2) is 23.1 Å². The van der Waals surface area contributed by atoms with Crippen LogP contribution in [0.5, 0.6) is 0 Å². The molecule has 0 heterocycles. The summed E-state index contributed by atoms with van der Waals surface area (Å²) in [6, 6.07) is 7.72. The summed E-state index contributed by atoms with van der Waals surface area (Å²) in [7, 11) is -3.83. The van der Waals surface area contributed by atoms with Crippen LogP contribution >= 0.6 is 0 Å². The number of aryl methyl sites for hydroxylation is 1. The van der Waals surface area contributed by atoms with E-state index in [0.29, 0.717) is 11.3 Å². The van der Waals surface area contributed by atoms with Crippen LogP contribution in [-0.4, -0.2) is 25.8 Å². The first-order chi connectivity index (χ1) is 8.43. The highest BCUT2D eigenvalue weighted by Gasteiger charge is 2.24. The Morgan fingerprint density at radius 2 is 1.83 bits per heavy atom. The van der Waals surface area contributed by atoms with Gasteiger partial charge in [0.25, 0.3) is 0 Å². The first-order valence-electron chi connectivity index (χ1n) is 5.03. The third-order valence-corrected chi connectivity index (χ3v) is 4.16. The highest BCUT2D eigenvalue weighted by Crippen LogP contribution is 2.20. The molecule has 1 rings (SSSR count). The summed E-state index contributed by atoms with van der Waals surface area (Å²) in [5.74, 6) is 0. The van der Waals surface area contributed by atoms with Gasteiger partial charge in [0.1, 0.15) is 13.1 Å². The molecule has 0 saturated carbocycles. The molecular weight excluding hydrogens is 252 g/mol. The van der Waals surface area contributed by atoms with Gasteiger partial charge in [0.05, 0.1) is 17.0 Å². The fourth-order valence-electron chi connectivity index (χ4n) is 1.34. The van der Waals surface area contributed by atoms with E-state index in [2.05, 4.69) is 0 Å². The number of hydrogen-bond donors (Lipinski definition) is 1. The molecule has 0 radical (unpaired) electrons. The summed E-state index contributed by atoms with van der Waals surface area (Å²) in [5.41, 5.74) is 6.73. The predicted molar refractivity (Wildman–Crippen MR) is 65.6 cm³/mol. The maximum atomic E-state index is 12.2. The van der Waals surface area contributed by atoms with Crippen LogP contribution < -0.4 is 5.73 Å². The quantitative estimate of drug-likeness (QED) is 0.632. The van der Waals surface area contributed by atoms with Crippen molar-refractivity contribution in [3.05, 3.63) is 23.8 Å². The summed E-state index contributed by atoms with van der Waals surface area (Å²) < 4.78 is 25.1. The second-order valence-electron chi connectivity index (χ2n) is 3.61. The van der Waals surface area contributed by atoms with Crippen molar-refractivity contribution in [2.24, 2.45) is 0 Å². The van der Waals surface area contributed by atoms with E-state index in [9.17, 15) is 8.42 Å². The smallest absolute Gasteiger partial charge is 0.244 e. The predicted octanol–water partition coefficient (Wildman–Crippen LogP) is 0.615. The number of sulfonamides is 1. The number of nitrogens with two attached hydrogens (primary N) is 1. The zero-order valence-corrected chi connectivity index (χ0v) is 10.6. The van der Waals surface area contributed by atoms with E-state index in [0.717, 1.165) is 4.31 Å². The Labute approximate surface area is 106 Å². The first-order valence-corrected chi connectivity index (χ1v) is 6.47. The van der Waals surface area contributed by atoms with Crippen LogP contribution in [0.3, 0.4) is 0 Å². The Balaban J connectivity index is 3.23. The fraction of sp³-hybridized carbons (Fsp3) is 0.273. The Morgan fingerprint density at radius 3 is 2.28 bits per heavy atom. The van der Waals surface area contributed by atoms with Gasteiger partial charge in [0.15, 0.2) is 0 Å². The lowest BCUT2D eigenvalue weighted by molar-refractivity contribution is 0.479. The van der Waals surface area contributed by atoms with Gasteiger partial charge in [-0.25, -0.2) is 8.42 Å². The molecular formula is C11H12N4O2S. The lowest BCUT2D eigenvalue weighted by Gasteiger charge is -2.16. The Kier molecular flexibility index (Phi) is 4.27. The van der Waals surface area contributed by atoms with Crippen LogP contribution in [0, 0.1) is 29.6 Å². The number of rotatable bonds is 4. The summed E-state index contributed by atoms with van der Waals surface area (Å²) in [6.45, 7) is 0.964. The third kappa shape index (κ3) is 2.77. The summed E-state index contributed by atoms with van der Waals surface area (Å²) in [5, 5.41) is 17.2. The van der Waals surface area contributed by atoms with Crippen LogP contribution in [-0.2, 0) is 10.0 Å². The summed E-state index contributed by atoms with van der Waals surface area (Å²) in [4.78, 5) is 0.0275. The van der Waals surface area contributed by atoms with Crippen LogP contribution in [0.1, 0.15) is 5.56 Å². The van der Waals surface area contributed by atoms with Crippen molar-refractivity contribution in [1.82, 2.24) is 4.31 Å². The summed E-state index contributed by atoms with van der Waals surface area (Å²) in [6.07, 6.45) is 0. The highest BCUT2D eigenvalue weighted by molar-refractivity contribution is 7.89. The zero-order chi connectivity index (χ0) is 13.8. The third-order valence-electron chi connectivity index (χ3n) is 2.37. The molecule has 0 amide bonds. The lowest BCUT2D eigenvalue weighted by atomic mass is 10.2. The molecule has 0 unspecified atom stereocenters. The number of nitrogens with zero attached hydrogens (tertiary/aromatic N) is 3. The van der Waals surface area contributed by atoms with Gasteiger partial charge in [-0.1, -0.05) is 0 Å². The van der Waals surface area contributed by atoms with Crippen LogP contribution in [0.25, 0.3) is 0 Å². The van der Waals surface area contributed by atoms with Crippen molar-refractivity contribution >= 4 is 15.7 Å². The van der Waals surface area contributed by atoms with E-state index in [1.54, 1.807) is 19.1 Å². The van der Waals surface area contributed by atoms with E-state index in [1.807, 2.05) is 0 Å². The van der Waals surface area contributed by atoms with Crippen molar-refractivity contribution in [3.8, 4) is 12.1 Å². The minimum Gasteiger partial charge on any atom is -0.399 e. The lowest BCUT2D eigenvalue weighted by Crippen LogP contribution is -2.31. The van der Waals surface area contributed by atoms with E-state index in [1.165, 1.54) is 18.2 Å². The van der Waals surface area contributed by atoms with E-state index >= 15 is 0 Å². The molecule has 18 heavy (non-hydrogen) atoms. The molecule has 1 aromatic carbocycles. The number of hydrogen-bond acceptors (Lipinski definition) is 5. The van der Waals surface area contributed by atoms with Gasteiger partial charge in [-0.15, -0.1) is 0 Å². The standard InChI is InChI=1S/C11H12N4O2S/c1-9-8-10(2-3-11(9)14)18(16,17)15(6-4-12)7-5-13/h2-3,8H,6-7,14H2,1H3. The normalized spacial score (nSPS) is 10.9. The molecule has 0 spiro atoms. The van der Waals surface area contributed by atoms with Crippen molar-refractivity contribution in [2.45, 2.75) is 11.8 Å². The Morgan fingerprint density at radius 1 is 1.28 bits per heavy atom. The van der Waals surface area contributed by atoms with Gasteiger partial charge in [-0.2, -0.15) is 14.8 Å². The van der Waals surface area contributed by atoms with Crippen molar-refractivity contribution < 1.29 is 8.42 Å². The van der Waals surface area contributed by atoms with Crippen molar-refractivity contribution in [3.63, 3.8) is 0 Å². The molecule has 0 aliphatic heterocycles. The van der Waals surface area contributed by atoms with Gasteiger partial charge in [0, 0.05) is 5.69 Å². The average molecular weight is 264 g/mol. The maximum Gasteiger partial charge on any atom is 0.244 e. The van der Waals surface area contributed by atoms with Crippen LogP contribution in [0.4, 0.5) is 5.69 Å². The molecule has 1 aromatic rings. The number of nitriles is 2. The van der Waals surface area contributed by atoms with Crippen molar-refractivity contribution in [1.29, 1.82) is 10.5 Å². The fourth-order valence-corrected chi connectivity index (χ4v) is 2.66. The minimum atomic E-state index is -3.83. The molecule has 0 aromatic heterocycles. The van der Waals surface area contributed by atoms with E-state index in [-0.39, 0.29) is 18.0 Å². The largest absolute Gasteiger partial charge is 0.399 e. The highest BCUT2D eigenvalue weighted by atomic mass is 32.2. The molecule has 0 fully saturated rings. The maximum absolute atomic E-state index is 12.2. The molecule has 0 aliphatic rings. The molecule has 6 nitrogen and oxygen atoms in total. The Hall–Kier alpha value is -2.09. The SMILES string of the molecule is Cc1cc(S(=O)(=O)N(CC#N)CC#N)ccc1N. The zero-order valence-electron chi connectivity index (χ0n) is 9.79. The van der Waals surface area contributed by atoms with E-state index < -0.39 is 10.0 Å². The molecule has 0 saturated heterocycles. The van der Waals surface area contributed by atoms with Gasteiger partial charge in [-0.05, 0) is 30.7 Å². The first kappa shape index (κ1) is 14.0. The molecule has 0 bridgehead atoms. The van der Waals surface area contributed by atoms with Crippen LogP contribution in [0.2, 0.25) is 0 Å². The van der Waals surface area contributed by atoms with E-state index in [4.69, 9.17) is 16.3 Å². The summed E-state index contributed by atoms with van der Waals surface area (Å²) >= 11 is 0. The monoisotopic (exact) mass is 264 g/mol. The second-order valence-corrected chi connectivity index (χ2v) is 5.55. The number of anilines is 1. The van der Waals surface area contributed by atoms with Gasteiger partial charge >= 0.3 is 0 Å². The van der Waals surface area contributed by atoms with Gasteiger partial charge in [0.2, 0.25) is 10.0 Å². The molecule has 2 N–H and O–H groups in total. The topological polar surface area (TPSA) is 111 Å². The minimum absolute atomic E-state index is 0.0275. The molecule has 0 aliphatic carbocycles. The van der Waals surface area contributed by atoms with Gasteiger partial charge in [-0.3, -0.25) is 0 Å². The second kappa shape index (κ2) is 5.50. The van der Waals surface area contributed by atoms with Gasteiger partial charge < -0.3 is 5.73 Å². The molecule has 7 heteroatoms. The molecule has 94 valence electrons. The number of nitrogen functional groups attached to an aromatic ring is 1. The average Bonchev–Trinajstić information content (AvgIpc) is 2.32. The van der Waals surface area contributed by atoms with Crippen molar-refractivity contribution in [2.75, 3.05) is 18.8 Å². The number of benzene rings is 1.